The summed E-state index contributed by atoms with van der Waals surface area (Å²) in [4.78, 5) is 38.4. The molecule has 7 nitrogen and oxygen atoms in total. The predicted molar refractivity (Wildman–Crippen MR) is 130 cm³/mol. The van der Waals surface area contributed by atoms with Crippen LogP contribution in [0.1, 0.15) is 26.4 Å². The minimum atomic E-state index is -0.756. The first kappa shape index (κ1) is 23.0. The summed E-state index contributed by atoms with van der Waals surface area (Å²) >= 11 is 5.73. The van der Waals surface area contributed by atoms with Crippen molar-refractivity contribution in [3.63, 3.8) is 0 Å². The van der Waals surface area contributed by atoms with E-state index in [2.05, 4.69) is 10.6 Å². The Morgan fingerprint density at radius 2 is 1.65 bits per heavy atom. The Bertz CT molecular complexity index is 1460. The first-order chi connectivity index (χ1) is 16.3. The number of benzene rings is 3. The van der Waals surface area contributed by atoms with Crippen molar-refractivity contribution in [1.29, 1.82) is 0 Å². The molecule has 1 aromatic heterocycles. The van der Waals surface area contributed by atoms with E-state index in [-0.39, 0.29) is 27.4 Å². The molecule has 0 aliphatic carbocycles. The van der Waals surface area contributed by atoms with Gasteiger partial charge in [0.15, 0.2) is 0 Å². The summed E-state index contributed by atoms with van der Waals surface area (Å²) in [6.07, 6.45) is 0. The molecule has 9 heteroatoms. The molecule has 3 aromatic carbocycles. The minimum absolute atomic E-state index is 0.147. The minimum Gasteiger partial charge on any atom is -0.322 e. The van der Waals surface area contributed by atoms with Gasteiger partial charge in [-0.15, -0.1) is 0 Å². The molecule has 4 rings (SSSR count). The summed E-state index contributed by atoms with van der Waals surface area (Å²) in [6.45, 7) is 1.73. The molecule has 0 fully saturated rings. The molecule has 0 saturated heterocycles. The fourth-order valence-electron chi connectivity index (χ4n) is 3.51. The van der Waals surface area contributed by atoms with Crippen molar-refractivity contribution in [2.75, 3.05) is 10.6 Å². The third-order valence-electron chi connectivity index (χ3n) is 5.35. The average molecular weight is 479 g/mol. The summed E-state index contributed by atoms with van der Waals surface area (Å²) < 4.78 is 17.2. The zero-order valence-electron chi connectivity index (χ0n) is 18.3. The van der Waals surface area contributed by atoms with Crippen LogP contribution < -0.4 is 16.2 Å². The number of nitrogens with one attached hydrogen (secondary N) is 2. The fourth-order valence-corrected chi connectivity index (χ4v) is 3.67. The van der Waals surface area contributed by atoms with E-state index in [9.17, 15) is 18.8 Å². The van der Waals surface area contributed by atoms with Crippen LogP contribution in [0.2, 0.25) is 5.02 Å². The van der Waals surface area contributed by atoms with Crippen LogP contribution >= 0.6 is 11.6 Å². The monoisotopic (exact) mass is 478 g/mol. The lowest BCUT2D eigenvalue weighted by Crippen LogP contribution is -2.23. The van der Waals surface area contributed by atoms with Crippen molar-refractivity contribution in [2.24, 2.45) is 7.05 Å². The number of rotatable bonds is 5. The van der Waals surface area contributed by atoms with Gasteiger partial charge in [0.05, 0.1) is 16.9 Å². The Morgan fingerprint density at radius 3 is 2.35 bits per heavy atom. The van der Waals surface area contributed by atoms with E-state index in [0.717, 1.165) is 6.07 Å². The number of carbonyl (C=O) groups is 2. The molecule has 0 radical (unpaired) electrons. The Kier molecular flexibility index (Phi) is 6.34. The maximum absolute atomic E-state index is 14.0. The van der Waals surface area contributed by atoms with Crippen molar-refractivity contribution < 1.29 is 14.0 Å². The van der Waals surface area contributed by atoms with Gasteiger partial charge in [-0.1, -0.05) is 35.9 Å². The highest BCUT2D eigenvalue weighted by atomic mass is 35.5. The quantitative estimate of drug-likeness (QED) is 0.433. The van der Waals surface area contributed by atoms with Crippen LogP contribution in [0.25, 0.3) is 5.69 Å². The van der Waals surface area contributed by atoms with Crippen LogP contribution in [0.4, 0.5) is 15.8 Å². The fraction of sp³-hybridized carbons (Fsp3) is 0.0800. The van der Waals surface area contributed by atoms with Crippen LogP contribution in [0, 0.1) is 12.7 Å². The molecule has 1 heterocycles. The van der Waals surface area contributed by atoms with Crippen LogP contribution in [-0.2, 0) is 7.05 Å². The summed E-state index contributed by atoms with van der Waals surface area (Å²) in [7, 11) is 1.73. The zero-order valence-corrected chi connectivity index (χ0v) is 19.1. The molecule has 0 atom stereocenters. The molecule has 0 aliphatic heterocycles. The maximum atomic E-state index is 14.0. The lowest BCUT2D eigenvalue weighted by atomic mass is 10.1. The molecule has 0 unspecified atom stereocenters. The number of hydrogen-bond acceptors (Lipinski definition) is 3. The molecular formula is C25H20ClFN4O3. The summed E-state index contributed by atoms with van der Waals surface area (Å²) in [6, 6.07) is 18.9. The van der Waals surface area contributed by atoms with Gasteiger partial charge in [-0.3, -0.25) is 19.1 Å². The summed E-state index contributed by atoms with van der Waals surface area (Å²) in [5, 5.41) is 5.41. The normalized spacial score (nSPS) is 10.7. The van der Waals surface area contributed by atoms with Crippen LogP contribution in [0.3, 0.4) is 0 Å². The van der Waals surface area contributed by atoms with E-state index in [0.29, 0.717) is 17.1 Å². The second-order valence-electron chi connectivity index (χ2n) is 7.55. The van der Waals surface area contributed by atoms with Crippen molar-refractivity contribution >= 4 is 34.8 Å². The largest absolute Gasteiger partial charge is 0.322 e. The highest BCUT2D eigenvalue weighted by Gasteiger charge is 2.19. The van der Waals surface area contributed by atoms with Gasteiger partial charge < -0.3 is 10.6 Å². The van der Waals surface area contributed by atoms with Crippen molar-refractivity contribution in [2.45, 2.75) is 6.92 Å². The number of aromatic nitrogens is 2. The van der Waals surface area contributed by atoms with E-state index in [1.165, 1.54) is 22.9 Å². The summed E-state index contributed by atoms with van der Waals surface area (Å²) in [5.41, 5.74) is 1.33. The van der Waals surface area contributed by atoms with Gasteiger partial charge in [0.1, 0.15) is 11.5 Å². The van der Waals surface area contributed by atoms with Gasteiger partial charge in [0.2, 0.25) is 0 Å². The van der Waals surface area contributed by atoms with E-state index in [1.807, 2.05) is 18.2 Å². The van der Waals surface area contributed by atoms with Crippen molar-refractivity contribution in [1.82, 2.24) is 9.36 Å². The number of carbonyl (C=O) groups excluding carboxylic acids is 2. The Hall–Kier alpha value is -4.17. The van der Waals surface area contributed by atoms with Gasteiger partial charge in [-0.25, -0.2) is 9.07 Å². The molecule has 2 amide bonds. The highest BCUT2D eigenvalue weighted by molar-refractivity contribution is 6.30. The first-order valence-electron chi connectivity index (χ1n) is 10.3. The third-order valence-corrected chi connectivity index (χ3v) is 5.59. The van der Waals surface area contributed by atoms with Gasteiger partial charge in [0.25, 0.3) is 17.4 Å². The van der Waals surface area contributed by atoms with Crippen molar-refractivity contribution in [3.05, 3.63) is 111 Å². The van der Waals surface area contributed by atoms with Gasteiger partial charge >= 0.3 is 0 Å². The van der Waals surface area contributed by atoms with E-state index in [1.54, 1.807) is 49.0 Å². The van der Waals surface area contributed by atoms with E-state index >= 15 is 0 Å². The number of hydrogen-bond donors (Lipinski definition) is 2. The molecular weight excluding hydrogens is 459 g/mol. The Morgan fingerprint density at radius 1 is 0.912 bits per heavy atom. The topological polar surface area (TPSA) is 85.1 Å². The van der Waals surface area contributed by atoms with Gasteiger partial charge in [-0.05, 0) is 55.5 Å². The molecule has 0 bridgehead atoms. The number of halogens is 2. The lowest BCUT2D eigenvalue weighted by molar-refractivity contribution is 0.101. The summed E-state index contributed by atoms with van der Waals surface area (Å²) in [5.74, 6) is -1.97. The highest BCUT2D eigenvalue weighted by Crippen LogP contribution is 2.19. The third kappa shape index (κ3) is 4.49. The first-order valence-corrected chi connectivity index (χ1v) is 10.7. The van der Waals surface area contributed by atoms with Crippen molar-refractivity contribution in [3.8, 4) is 5.69 Å². The predicted octanol–water partition coefficient (Wildman–Crippen LogP) is 4.78. The maximum Gasteiger partial charge on any atom is 0.295 e. The SMILES string of the molecule is Cc1c(NC(=O)c2cccc(NC(=O)c3ccc(Cl)cc3F)c2)c(=O)n(-c2ccccc2)n1C. The molecule has 0 aliphatic rings. The Balaban J connectivity index is 1.57. The molecule has 0 saturated carbocycles. The molecule has 34 heavy (non-hydrogen) atoms. The molecule has 4 aromatic rings. The Labute approximate surface area is 199 Å². The standard InChI is InChI=1S/C25H20ClFN4O3/c1-15-22(25(34)31(30(15)2)19-9-4-3-5-10-19)29-23(32)16-7-6-8-18(13-16)28-24(33)20-12-11-17(26)14-21(20)27/h3-14H,1-2H3,(H,28,33)(H,29,32). The second kappa shape index (κ2) is 9.36. The number of para-hydroxylation sites is 1. The smallest absolute Gasteiger partial charge is 0.295 e. The molecule has 0 spiro atoms. The van der Waals surface area contributed by atoms with E-state index in [4.69, 9.17) is 11.6 Å². The average Bonchev–Trinajstić information content (AvgIpc) is 3.02. The number of amides is 2. The lowest BCUT2D eigenvalue weighted by Gasteiger charge is -2.09. The van der Waals surface area contributed by atoms with Gasteiger partial charge in [0, 0.05) is 23.3 Å². The number of nitrogens with zero attached hydrogens (tertiary/aromatic N) is 2. The zero-order chi connectivity index (χ0) is 24.4. The number of anilines is 2. The van der Waals surface area contributed by atoms with Crippen LogP contribution in [0.5, 0.6) is 0 Å². The second-order valence-corrected chi connectivity index (χ2v) is 7.99. The molecule has 2 N–H and O–H groups in total. The van der Waals surface area contributed by atoms with Crippen LogP contribution in [-0.4, -0.2) is 21.2 Å². The molecule has 172 valence electrons. The van der Waals surface area contributed by atoms with Gasteiger partial charge in [-0.2, -0.15) is 0 Å². The van der Waals surface area contributed by atoms with E-state index < -0.39 is 17.6 Å². The van der Waals surface area contributed by atoms with Crippen LogP contribution in [0.15, 0.2) is 77.6 Å².